The number of aromatic amines is 1. The predicted molar refractivity (Wildman–Crippen MR) is 255 cm³/mol. The number of hydrogen-bond donors (Lipinski definition) is 3. The highest BCUT2D eigenvalue weighted by atomic mass is 35.5. The molecule has 2 fully saturated rings. The molecule has 3 aromatic carbocycles. The largest absolute Gasteiger partial charge is 0.493 e. The number of nitro groups is 1. The zero-order valence-electron chi connectivity index (χ0n) is 37.6. The zero-order chi connectivity index (χ0) is 46.4. The van der Waals surface area contributed by atoms with Gasteiger partial charge in [0.1, 0.15) is 22.9 Å². The molecule has 1 saturated heterocycles. The minimum atomic E-state index is -4.64. The summed E-state index contributed by atoms with van der Waals surface area (Å²) in [4.78, 5) is 37.7. The number of allylic oxidation sites excluding steroid dienone is 1. The molecule has 2 aliphatic heterocycles. The van der Waals surface area contributed by atoms with Crippen molar-refractivity contribution in [1.82, 2.24) is 19.6 Å². The molecule has 0 unspecified atom stereocenters. The van der Waals surface area contributed by atoms with Gasteiger partial charge in [0, 0.05) is 73.2 Å². The number of anilines is 1. The van der Waals surface area contributed by atoms with Crippen LogP contribution in [-0.4, -0.2) is 84.2 Å². The second-order valence-electron chi connectivity index (χ2n) is 19.7. The number of benzene rings is 3. The number of fused-ring (bicyclic) bond motifs is 2. The van der Waals surface area contributed by atoms with Crippen LogP contribution >= 0.6 is 11.6 Å². The molecule has 2 aliphatic carbocycles. The molecule has 0 radical (unpaired) electrons. The molecule has 5 aromatic rings. The van der Waals surface area contributed by atoms with E-state index in [9.17, 15) is 28.4 Å². The van der Waals surface area contributed by atoms with Crippen LogP contribution in [0.15, 0.2) is 89.6 Å². The van der Waals surface area contributed by atoms with Gasteiger partial charge in [0.05, 0.1) is 39.4 Å². The zero-order valence-corrected chi connectivity index (χ0v) is 39.2. The van der Waals surface area contributed by atoms with E-state index in [1.54, 1.807) is 30.5 Å². The maximum Gasteiger partial charge on any atom is 0.277 e. The molecule has 1 saturated carbocycles. The van der Waals surface area contributed by atoms with Gasteiger partial charge in [0.25, 0.3) is 21.6 Å². The molecule has 2 aromatic heterocycles. The Balaban J connectivity index is 0.929. The summed E-state index contributed by atoms with van der Waals surface area (Å²) in [5.41, 5.74) is 5.02. The van der Waals surface area contributed by atoms with Gasteiger partial charge in [-0.2, -0.15) is 0 Å². The van der Waals surface area contributed by atoms with Gasteiger partial charge in [0.15, 0.2) is 0 Å². The fourth-order valence-electron chi connectivity index (χ4n) is 10.2. The number of carbonyl (C=O) groups is 1. The first kappa shape index (κ1) is 45.7. The number of nitrogens with one attached hydrogen (secondary N) is 2. The van der Waals surface area contributed by atoms with Gasteiger partial charge in [-0.1, -0.05) is 43.2 Å². The Hall–Kier alpha value is -5.48. The summed E-state index contributed by atoms with van der Waals surface area (Å²) in [6, 6.07) is 19.1. The third-order valence-electron chi connectivity index (χ3n) is 14.1. The van der Waals surface area contributed by atoms with Crippen molar-refractivity contribution in [2.75, 3.05) is 44.2 Å². The van der Waals surface area contributed by atoms with Gasteiger partial charge in [0.2, 0.25) is 0 Å². The second kappa shape index (κ2) is 18.3. The van der Waals surface area contributed by atoms with E-state index in [1.165, 1.54) is 29.0 Å². The highest BCUT2D eigenvalue weighted by Gasteiger charge is 2.36. The van der Waals surface area contributed by atoms with E-state index in [0.29, 0.717) is 42.1 Å². The third-order valence-corrected chi connectivity index (χ3v) is 15.6. The fraction of sp³-hybridized carbons (Fsp3) is 0.440. The Labute approximate surface area is 390 Å². The van der Waals surface area contributed by atoms with Crippen molar-refractivity contribution in [3.05, 3.63) is 117 Å². The van der Waals surface area contributed by atoms with Crippen molar-refractivity contribution >= 4 is 55.5 Å². The highest BCUT2D eigenvalue weighted by molar-refractivity contribution is 7.90. The number of nitrogens with zero attached hydrogens (tertiary/aromatic N) is 4. The highest BCUT2D eigenvalue weighted by Crippen LogP contribution is 2.44. The normalized spacial score (nSPS) is 22.4. The molecule has 1 amide bonds. The van der Waals surface area contributed by atoms with E-state index in [-0.39, 0.29) is 40.7 Å². The van der Waals surface area contributed by atoms with E-state index >= 15 is 0 Å². The van der Waals surface area contributed by atoms with E-state index in [4.69, 9.17) is 21.1 Å². The molecule has 16 heteroatoms. The Morgan fingerprint density at radius 1 is 1.02 bits per heavy atom. The summed E-state index contributed by atoms with van der Waals surface area (Å²) < 4.78 is 42.5. The number of nitro benzene ring substituents is 1. The topological polar surface area (TPSA) is 180 Å². The number of amides is 1. The maximum atomic E-state index is 14.1. The molecule has 14 nitrogen and oxygen atoms in total. The molecule has 3 N–H and O–H groups in total. The SMILES string of the molecule is CC1(C)CCC(CN2CCN(c3ccc(C(=O)NS(=O)(=O)c4cc5c(c([N+](=O)[O-])c4)C[C@@H](CC4CCC(C)(O)CC4)CO5)c(Oc4cnc5[nH]ccc5c4)c3)CC2)=C(c2ccc(Cl)cc2)C1. The van der Waals surface area contributed by atoms with Crippen LogP contribution in [0.1, 0.15) is 93.6 Å². The van der Waals surface area contributed by atoms with Crippen LogP contribution in [0, 0.1) is 27.4 Å². The number of aromatic nitrogens is 2. The number of carbonyl (C=O) groups excluding carboxylic acids is 1. The van der Waals surface area contributed by atoms with Gasteiger partial charge in [-0.05, 0) is 129 Å². The third kappa shape index (κ3) is 10.2. The van der Waals surface area contributed by atoms with Crippen molar-refractivity contribution in [2.45, 2.75) is 89.1 Å². The Kier molecular flexibility index (Phi) is 12.7. The summed E-state index contributed by atoms with van der Waals surface area (Å²) in [7, 11) is -4.64. The smallest absolute Gasteiger partial charge is 0.277 e. The molecule has 348 valence electrons. The molecule has 0 bridgehead atoms. The second-order valence-corrected chi connectivity index (χ2v) is 21.8. The summed E-state index contributed by atoms with van der Waals surface area (Å²) in [6.07, 6.45) is 10.8. The molecular formula is C50H57ClN6O8S. The summed E-state index contributed by atoms with van der Waals surface area (Å²) in [5, 5.41) is 24.3. The number of hydrogen-bond acceptors (Lipinski definition) is 11. The van der Waals surface area contributed by atoms with E-state index < -0.39 is 31.4 Å². The first-order chi connectivity index (χ1) is 31.5. The number of sulfonamides is 1. The Bertz CT molecular complexity index is 2790. The molecule has 4 aliphatic rings. The quantitative estimate of drug-likeness (QED) is 0.0801. The van der Waals surface area contributed by atoms with Crippen molar-refractivity contribution < 1.29 is 32.7 Å². The molecule has 9 rings (SSSR count). The van der Waals surface area contributed by atoms with Crippen LogP contribution in [-0.2, 0) is 16.4 Å². The molecule has 0 spiro atoms. The number of piperazine rings is 1. The monoisotopic (exact) mass is 936 g/mol. The van der Waals surface area contributed by atoms with Crippen molar-refractivity contribution in [1.29, 1.82) is 0 Å². The lowest BCUT2D eigenvalue weighted by Gasteiger charge is -2.39. The Morgan fingerprint density at radius 3 is 2.52 bits per heavy atom. The molecule has 66 heavy (non-hydrogen) atoms. The van der Waals surface area contributed by atoms with Gasteiger partial charge in [-0.25, -0.2) is 18.1 Å². The lowest BCUT2D eigenvalue weighted by Crippen LogP contribution is -2.47. The first-order valence-electron chi connectivity index (χ1n) is 22.9. The summed E-state index contributed by atoms with van der Waals surface area (Å²) >= 11 is 6.25. The van der Waals surface area contributed by atoms with Gasteiger partial charge in [-0.15, -0.1) is 0 Å². The lowest BCUT2D eigenvalue weighted by molar-refractivity contribution is -0.386. The number of pyridine rings is 1. The number of ether oxygens (including phenoxy) is 2. The van der Waals surface area contributed by atoms with E-state index in [1.807, 2.05) is 25.1 Å². The van der Waals surface area contributed by atoms with Gasteiger partial charge >= 0.3 is 0 Å². The number of rotatable bonds is 12. The maximum absolute atomic E-state index is 14.1. The number of aliphatic hydroxyl groups is 1. The average Bonchev–Trinajstić information content (AvgIpc) is 3.76. The summed E-state index contributed by atoms with van der Waals surface area (Å²) in [5.74, 6) is -0.0154. The average molecular weight is 938 g/mol. The Morgan fingerprint density at radius 2 is 1.77 bits per heavy atom. The van der Waals surface area contributed by atoms with Crippen molar-refractivity contribution in [3.8, 4) is 17.2 Å². The van der Waals surface area contributed by atoms with Crippen molar-refractivity contribution in [2.24, 2.45) is 17.3 Å². The van der Waals surface area contributed by atoms with Gasteiger partial charge < -0.3 is 24.5 Å². The van der Waals surface area contributed by atoms with Crippen LogP contribution in [0.5, 0.6) is 17.2 Å². The van der Waals surface area contributed by atoms with E-state index in [2.05, 4.69) is 50.5 Å². The summed E-state index contributed by atoms with van der Waals surface area (Å²) in [6.45, 7) is 10.7. The molecule has 4 heterocycles. The van der Waals surface area contributed by atoms with Crippen LogP contribution in [0.4, 0.5) is 11.4 Å². The predicted octanol–water partition coefficient (Wildman–Crippen LogP) is 9.70. The molecule has 1 atom stereocenters. The fourth-order valence-corrected chi connectivity index (χ4v) is 11.3. The van der Waals surface area contributed by atoms with Crippen LogP contribution < -0.4 is 19.1 Å². The first-order valence-corrected chi connectivity index (χ1v) is 24.8. The standard InChI is InChI=1S/C50H57ClN6O8S/c1-49(2)14-12-36(43(28-49)34-4-6-37(51)7-5-34)30-55-18-20-56(21-19-55)38-8-9-41(46(25-38)65-39-24-35-13-17-52-47(35)53-29-39)48(58)54-66(62,63)40-26-44(57(60)61)42-23-33(31-64-45(42)27-40)22-32-10-15-50(3,59)16-11-32/h4-9,13,17,24-27,29,32-33,59H,10-12,14-16,18-23,28,30-31H2,1-3H3,(H,52,53)(H,54,58)/t32?,33-,50?/m1/s1. The van der Waals surface area contributed by atoms with Crippen LogP contribution in [0.2, 0.25) is 5.02 Å². The van der Waals surface area contributed by atoms with Gasteiger partial charge in [-0.3, -0.25) is 19.8 Å². The number of H-pyrrole nitrogens is 1. The lowest BCUT2D eigenvalue weighted by atomic mass is 9.72. The van der Waals surface area contributed by atoms with Crippen molar-refractivity contribution in [3.63, 3.8) is 0 Å². The van der Waals surface area contributed by atoms with E-state index in [0.717, 1.165) is 93.4 Å². The minimum Gasteiger partial charge on any atom is -0.493 e. The molecular weight excluding hydrogens is 880 g/mol. The minimum absolute atomic E-state index is 0.00540. The van der Waals surface area contributed by atoms with Crippen LogP contribution in [0.25, 0.3) is 16.6 Å². The van der Waals surface area contributed by atoms with Crippen LogP contribution in [0.3, 0.4) is 0 Å². The number of halogens is 1.